The standard InChI is InChI=1S/C25H26N4O3.C21H18FN3O2.C5H10O/c1-25(2,24(26)30)22-17-5-3-4-6-20(17)32-23-18(22)8-9-19(28-23)16-7-10-21(27-15-16)29-11-13-31-14-12-29;1-21(2,20(23)26)18-13-5-3-4-6-16(13)27-19-14(18)8-9-15(25-19)12-7-10-17(22)24-11-12;1-2-4-6-5-3-1/h3-10,15,22H,11-14H2,1-2H3,(H2,26,30);3-11,18H,1-2H3,(H2,23,26);1-5H2/t22-;18-;/m00./s1. The number of fused-ring (bicyclic) bond motifs is 4. The van der Waals surface area contributed by atoms with Crippen molar-refractivity contribution in [2.24, 2.45) is 22.3 Å². The lowest BCUT2D eigenvalue weighted by molar-refractivity contribution is -0.127. The van der Waals surface area contributed by atoms with E-state index in [-0.39, 0.29) is 17.7 Å². The number of carbonyl (C=O) groups is 2. The van der Waals surface area contributed by atoms with E-state index in [9.17, 15) is 14.0 Å². The van der Waals surface area contributed by atoms with Gasteiger partial charge >= 0.3 is 0 Å². The van der Waals surface area contributed by atoms with Crippen molar-refractivity contribution in [2.45, 2.75) is 58.8 Å². The van der Waals surface area contributed by atoms with Gasteiger partial charge in [-0.25, -0.2) is 19.9 Å². The molecule has 336 valence electrons. The van der Waals surface area contributed by atoms with E-state index in [1.807, 2.05) is 119 Å². The van der Waals surface area contributed by atoms with Gasteiger partial charge in [-0.15, -0.1) is 0 Å². The summed E-state index contributed by atoms with van der Waals surface area (Å²) in [5, 5.41) is 0. The van der Waals surface area contributed by atoms with Gasteiger partial charge in [0.2, 0.25) is 29.5 Å². The molecule has 2 fully saturated rings. The Bertz CT molecular complexity index is 2640. The van der Waals surface area contributed by atoms with Crippen LogP contribution in [0.1, 0.15) is 81.0 Å². The third-order valence-corrected chi connectivity index (χ3v) is 12.5. The van der Waals surface area contributed by atoms with E-state index in [2.05, 4.69) is 19.9 Å². The zero-order chi connectivity index (χ0) is 45.7. The number of hydrogen-bond acceptors (Lipinski definition) is 11. The minimum atomic E-state index is -0.838. The Morgan fingerprint density at radius 2 is 1.06 bits per heavy atom. The van der Waals surface area contributed by atoms with E-state index >= 15 is 0 Å². The van der Waals surface area contributed by atoms with Crippen molar-refractivity contribution in [1.82, 2.24) is 19.9 Å². The Morgan fingerprint density at radius 3 is 1.48 bits per heavy atom. The molecule has 0 aliphatic carbocycles. The van der Waals surface area contributed by atoms with Gasteiger partial charge in [-0.2, -0.15) is 4.39 Å². The maximum absolute atomic E-state index is 13.1. The summed E-state index contributed by atoms with van der Waals surface area (Å²) in [5.41, 5.74) is 16.3. The molecule has 8 heterocycles. The summed E-state index contributed by atoms with van der Waals surface area (Å²) in [5.74, 6) is 1.34. The van der Waals surface area contributed by atoms with Gasteiger partial charge in [0.15, 0.2) is 0 Å². The number of nitrogens with two attached hydrogens (primary N) is 2. The predicted molar refractivity (Wildman–Crippen MR) is 245 cm³/mol. The van der Waals surface area contributed by atoms with E-state index in [1.54, 1.807) is 6.07 Å². The summed E-state index contributed by atoms with van der Waals surface area (Å²) in [6, 6.07) is 29.8. The molecule has 2 saturated heterocycles. The fraction of sp³-hybridized carbons (Fsp3) is 0.333. The van der Waals surface area contributed by atoms with Crippen LogP contribution >= 0.6 is 0 Å². The number of carbonyl (C=O) groups excluding carboxylic acids is 2. The number of nitrogens with zero attached hydrogens (tertiary/aromatic N) is 5. The largest absolute Gasteiger partial charge is 0.438 e. The summed E-state index contributed by atoms with van der Waals surface area (Å²) in [7, 11) is 0. The maximum Gasteiger partial charge on any atom is 0.224 e. The van der Waals surface area contributed by atoms with Crippen LogP contribution in [0.5, 0.6) is 23.3 Å². The normalized spacial score (nSPS) is 17.4. The topological polar surface area (TPSA) is 178 Å². The highest BCUT2D eigenvalue weighted by atomic mass is 19.1. The van der Waals surface area contributed by atoms with Gasteiger partial charge < -0.3 is 35.3 Å². The number of hydrogen-bond donors (Lipinski definition) is 2. The Balaban J connectivity index is 0.000000159. The van der Waals surface area contributed by atoms with E-state index in [4.69, 9.17) is 35.4 Å². The van der Waals surface area contributed by atoms with Gasteiger partial charge in [0.25, 0.3) is 0 Å². The lowest BCUT2D eigenvalue weighted by Gasteiger charge is -2.36. The molecule has 0 radical (unpaired) electrons. The third-order valence-electron chi connectivity index (χ3n) is 12.5. The number of primary amides is 2. The first kappa shape index (κ1) is 44.8. The molecule has 0 spiro atoms. The van der Waals surface area contributed by atoms with Gasteiger partial charge in [-0.1, -0.05) is 76.2 Å². The average molecular weight is 880 g/mol. The van der Waals surface area contributed by atoms with Crippen LogP contribution in [-0.4, -0.2) is 71.3 Å². The van der Waals surface area contributed by atoms with Crippen molar-refractivity contribution in [2.75, 3.05) is 44.4 Å². The number of morpholine rings is 1. The highest BCUT2D eigenvalue weighted by Crippen LogP contribution is 2.53. The van der Waals surface area contributed by atoms with Crippen LogP contribution in [0, 0.1) is 16.8 Å². The van der Waals surface area contributed by atoms with E-state index in [0.717, 1.165) is 78.8 Å². The zero-order valence-corrected chi connectivity index (χ0v) is 37.1. The van der Waals surface area contributed by atoms with Crippen LogP contribution in [-0.2, 0) is 19.1 Å². The molecule has 4 aliphatic rings. The van der Waals surface area contributed by atoms with Crippen molar-refractivity contribution in [1.29, 1.82) is 0 Å². The number of aromatic nitrogens is 4. The van der Waals surface area contributed by atoms with Crippen LogP contribution in [0.3, 0.4) is 0 Å². The SMILES string of the molecule is C1CCOCC1.CC(C)(C(N)=O)[C@H]1c2ccccc2Oc2nc(-c3ccc(F)nc3)ccc21.CC(C)(C(N)=O)[C@H]1c2ccccc2Oc2nc(-c3ccc(N4CCOCC4)nc3)ccc21. The van der Waals surface area contributed by atoms with Crippen LogP contribution in [0.2, 0.25) is 0 Å². The Labute approximate surface area is 378 Å². The molecule has 6 aromatic rings. The fourth-order valence-corrected chi connectivity index (χ4v) is 8.57. The highest BCUT2D eigenvalue weighted by Gasteiger charge is 2.44. The van der Waals surface area contributed by atoms with E-state index in [1.165, 1.54) is 31.5 Å². The number of ether oxygens (including phenoxy) is 4. The number of anilines is 1. The summed E-state index contributed by atoms with van der Waals surface area (Å²) < 4.78 is 35.8. The monoisotopic (exact) mass is 879 g/mol. The lowest BCUT2D eigenvalue weighted by atomic mass is 9.70. The smallest absolute Gasteiger partial charge is 0.224 e. The molecular formula is C51H54FN7O6. The Kier molecular flexibility index (Phi) is 13.2. The minimum Gasteiger partial charge on any atom is -0.438 e. The lowest BCUT2D eigenvalue weighted by Crippen LogP contribution is -2.38. The molecule has 0 saturated carbocycles. The molecule has 0 bridgehead atoms. The van der Waals surface area contributed by atoms with Crippen molar-refractivity contribution in [3.05, 3.63) is 138 Å². The molecule has 4 aromatic heterocycles. The number of para-hydroxylation sites is 2. The van der Waals surface area contributed by atoms with Crippen molar-refractivity contribution in [3.63, 3.8) is 0 Å². The number of amides is 2. The second-order valence-electron chi connectivity index (χ2n) is 17.5. The quantitative estimate of drug-likeness (QED) is 0.146. The van der Waals surface area contributed by atoms with Gasteiger partial charge in [-0.05, 0) is 67.8 Å². The van der Waals surface area contributed by atoms with Crippen LogP contribution < -0.4 is 25.8 Å². The minimum absolute atomic E-state index is 0.247. The van der Waals surface area contributed by atoms with Crippen LogP contribution in [0.15, 0.2) is 109 Å². The van der Waals surface area contributed by atoms with Gasteiger partial charge in [0.1, 0.15) is 17.3 Å². The summed E-state index contributed by atoms with van der Waals surface area (Å²) in [6.07, 6.45) is 7.19. The van der Waals surface area contributed by atoms with Gasteiger partial charge in [0.05, 0.1) is 35.4 Å². The second-order valence-corrected chi connectivity index (χ2v) is 17.5. The average Bonchev–Trinajstić information content (AvgIpc) is 3.33. The van der Waals surface area contributed by atoms with Crippen molar-refractivity contribution >= 4 is 17.6 Å². The Hall–Kier alpha value is -6.77. The third kappa shape index (κ3) is 9.55. The molecule has 14 heteroatoms. The molecule has 10 rings (SSSR count). The van der Waals surface area contributed by atoms with E-state index in [0.29, 0.717) is 34.5 Å². The molecule has 2 atom stereocenters. The first-order valence-corrected chi connectivity index (χ1v) is 22.0. The summed E-state index contributed by atoms with van der Waals surface area (Å²) in [4.78, 5) is 44.4. The first-order chi connectivity index (χ1) is 31.3. The zero-order valence-electron chi connectivity index (χ0n) is 37.1. The fourth-order valence-electron chi connectivity index (χ4n) is 8.57. The summed E-state index contributed by atoms with van der Waals surface area (Å²) >= 11 is 0. The van der Waals surface area contributed by atoms with Crippen LogP contribution in [0.25, 0.3) is 22.5 Å². The highest BCUT2D eigenvalue weighted by molar-refractivity contribution is 5.83. The summed E-state index contributed by atoms with van der Waals surface area (Å²) in [6.45, 7) is 12.5. The molecule has 4 aliphatic heterocycles. The first-order valence-electron chi connectivity index (χ1n) is 22.0. The number of pyridine rings is 4. The molecule has 13 nitrogen and oxygen atoms in total. The molecule has 65 heavy (non-hydrogen) atoms. The molecular weight excluding hydrogens is 826 g/mol. The maximum atomic E-state index is 13.1. The number of halogens is 1. The molecule has 2 aromatic carbocycles. The predicted octanol–water partition coefficient (Wildman–Crippen LogP) is 8.95. The Morgan fingerprint density at radius 1 is 0.585 bits per heavy atom. The number of benzene rings is 2. The van der Waals surface area contributed by atoms with Crippen molar-refractivity contribution in [3.8, 4) is 45.8 Å². The number of rotatable bonds is 7. The van der Waals surface area contributed by atoms with Crippen molar-refractivity contribution < 1.29 is 32.9 Å². The van der Waals surface area contributed by atoms with Gasteiger partial charge in [0, 0.05) is 83.9 Å². The molecule has 4 N–H and O–H groups in total. The van der Waals surface area contributed by atoms with Crippen LogP contribution in [0.4, 0.5) is 10.2 Å². The molecule has 0 unspecified atom stereocenters. The van der Waals surface area contributed by atoms with E-state index < -0.39 is 22.7 Å². The molecule has 2 amide bonds. The van der Waals surface area contributed by atoms with Gasteiger partial charge in [-0.3, -0.25) is 9.59 Å². The second kappa shape index (κ2) is 19.1.